The lowest BCUT2D eigenvalue weighted by atomic mass is 10.2. The number of carbonyl (C=O) groups is 2. The number of primary amides is 1. The Kier molecular flexibility index (Phi) is 9.44. The Hall–Kier alpha value is -2.95. The number of para-hydroxylation sites is 1. The molecule has 10 nitrogen and oxygen atoms in total. The number of aliphatic imine (C=N–C) groups is 1. The van der Waals surface area contributed by atoms with Crippen molar-refractivity contribution in [2.24, 2.45) is 10.7 Å². The molecule has 2 heterocycles. The second-order valence-corrected chi connectivity index (χ2v) is 7.10. The number of hydrogen-bond acceptors (Lipinski definition) is 8. The number of halogens is 2. The van der Waals surface area contributed by atoms with Crippen LogP contribution in [0.1, 0.15) is 23.8 Å². The molecule has 6 N–H and O–H groups in total. The summed E-state index contributed by atoms with van der Waals surface area (Å²) in [5.74, 6) is -0.113. The molecule has 0 unspecified atom stereocenters. The van der Waals surface area contributed by atoms with Crippen LogP contribution in [0.5, 0.6) is 0 Å². The van der Waals surface area contributed by atoms with Crippen LogP contribution in [-0.4, -0.2) is 54.3 Å². The number of aromatic nitrogens is 2. The Balaban J connectivity index is 0.000000262. The Morgan fingerprint density at radius 1 is 1.35 bits per heavy atom. The Morgan fingerprint density at radius 2 is 2.06 bits per heavy atom. The van der Waals surface area contributed by atoms with Crippen LogP contribution in [0.3, 0.4) is 0 Å². The molecule has 1 saturated heterocycles. The number of piperazine rings is 1. The number of nitrogens with zero attached hydrogens (tertiary/aromatic N) is 4. The van der Waals surface area contributed by atoms with Crippen LogP contribution in [0, 0.1) is 0 Å². The number of anilines is 2. The topological polar surface area (TPSA) is 152 Å². The Labute approximate surface area is 190 Å². The lowest BCUT2D eigenvalue weighted by Gasteiger charge is -2.31. The van der Waals surface area contributed by atoms with Gasteiger partial charge in [-0.05, 0) is 12.1 Å². The second kappa shape index (κ2) is 12.0. The molecule has 0 aliphatic carbocycles. The molecular weight excluding hydrogens is 443 g/mol. The fraction of sp³-hybridized carbons (Fsp3) is 0.316. The van der Waals surface area contributed by atoms with E-state index in [1.807, 2.05) is 25.1 Å². The van der Waals surface area contributed by atoms with E-state index in [0.717, 1.165) is 37.6 Å². The number of nitrogens with one attached hydrogen (secondary N) is 2. The van der Waals surface area contributed by atoms with Crippen LogP contribution in [0.25, 0.3) is 0 Å². The summed E-state index contributed by atoms with van der Waals surface area (Å²) in [6, 6.07) is 5.67. The molecule has 1 aliphatic rings. The molecule has 166 valence electrons. The van der Waals surface area contributed by atoms with E-state index >= 15 is 0 Å². The zero-order chi connectivity index (χ0) is 22.8. The molecular formula is C19H24Cl2N8O2. The van der Waals surface area contributed by atoms with E-state index in [2.05, 4.69) is 30.5 Å². The highest BCUT2D eigenvalue weighted by Gasteiger charge is 2.17. The predicted molar refractivity (Wildman–Crippen MR) is 123 cm³/mol. The molecule has 0 bridgehead atoms. The van der Waals surface area contributed by atoms with Gasteiger partial charge in [0.05, 0.1) is 22.6 Å². The zero-order valence-electron chi connectivity index (χ0n) is 16.9. The van der Waals surface area contributed by atoms with Crippen molar-refractivity contribution in [2.75, 3.05) is 36.8 Å². The number of nitrogens with two attached hydrogens (primary N) is 2. The summed E-state index contributed by atoms with van der Waals surface area (Å²) in [7, 11) is 0. The minimum Gasteiger partial charge on any atom is -0.382 e. The predicted octanol–water partition coefficient (Wildman–Crippen LogP) is 1.75. The van der Waals surface area contributed by atoms with Gasteiger partial charge < -0.3 is 27.0 Å². The van der Waals surface area contributed by atoms with Gasteiger partial charge in [-0.2, -0.15) is 0 Å². The molecule has 0 spiro atoms. The second-order valence-electron chi connectivity index (χ2n) is 6.31. The Bertz CT molecular complexity index is 949. The zero-order valence-corrected chi connectivity index (χ0v) is 18.5. The quantitative estimate of drug-likeness (QED) is 0.297. The summed E-state index contributed by atoms with van der Waals surface area (Å²) in [4.78, 5) is 35.1. The number of amides is 2. The molecule has 31 heavy (non-hydrogen) atoms. The third-order valence-corrected chi connectivity index (χ3v) is 4.71. The standard InChI is InChI=1S/C14H19ClN4O.C5H5ClN4O/c1-2-13(17-10-20)18-12-5-3-4-11(15)14(12)19-8-6-16-7-9-19;6-2-1-9-4(7)3(10-2)5(8)11/h3-5,10,16H,2,6-9H2,1H3,(H,17,18,20);1H,(H2,7,9)(H2,8,11). The van der Waals surface area contributed by atoms with Crippen molar-refractivity contribution >= 4 is 58.5 Å². The molecule has 0 atom stereocenters. The van der Waals surface area contributed by atoms with Crippen molar-refractivity contribution in [3.8, 4) is 0 Å². The van der Waals surface area contributed by atoms with Gasteiger partial charge in [0.15, 0.2) is 11.5 Å². The van der Waals surface area contributed by atoms with Gasteiger partial charge in [-0.15, -0.1) is 0 Å². The van der Waals surface area contributed by atoms with Crippen molar-refractivity contribution < 1.29 is 9.59 Å². The maximum Gasteiger partial charge on any atom is 0.271 e. The van der Waals surface area contributed by atoms with E-state index in [1.165, 1.54) is 6.20 Å². The van der Waals surface area contributed by atoms with Crippen molar-refractivity contribution in [1.82, 2.24) is 20.6 Å². The average Bonchev–Trinajstić information content (AvgIpc) is 2.76. The number of rotatable bonds is 5. The fourth-order valence-electron chi connectivity index (χ4n) is 2.78. The molecule has 0 saturated carbocycles. The molecule has 2 amide bonds. The summed E-state index contributed by atoms with van der Waals surface area (Å²) in [6.45, 7) is 5.61. The SMILES string of the molecule is CCC(=Nc1cccc(Cl)c1N1CCNCC1)NC=O.NC(=O)c1nc(Cl)cnc1N. The van der Waals surface area contributed by atoms with Gasteiger partial charge in [0.2, 0.25) is 6.41 Å². The van der Waals surface area contributed by atoms with Crippen LogP contribution in [0.4, 0.5) is 17.2 Å². The summed E-state index contributed by atoms with van der Waals surface area (Å²) >= 11 is 11.8. The summed E-state index contributed by atoms with van der Waals surface area (Å²) in [5.41, 5.74) is 11.8. The van der Waals surface area contributed by atoms with Gasteiger partial charge in [0.1, 0.15) is 11.0 Å². The summed E-state index contributed by atoms with van der Waals surface area (Å²) in [6.07, 6.45) is 2.55. The highest BCUT2D eigenvalue weighted by molar-refractivity contribution is 6.34. The number of nitrogen functional groups attached to an aromatic ring is 1. The lowest BCUT2D eigenvalue weighted by molar-refractivity contribution is -0.108. The van der Waals surface area contributed by atoms with E-state index < -0.39 is 5.91 Å². The third kappa shape index (κ3) is 7.06. The fourth-order valence-corrected chi connectivity index (χ4v) is 3.20. The van der Waals surface area contributed by atoms with Gasteiger partial charge in [-0.3, -0.25) is 9.59 Å². The summed E-state index contributed by atoms with van der Waals surface area (Å²) in [5, 5.41) is 6.72. The van der Waals surface area contributed by atoms with E-state index in [4.69, 9.17) is 34.7 Å². The highest BCUT2D eigenvalue weighted by Crippen LogP contribution is 2.36. The van der Waals surface area contributed by atoms with Crippen LogP contribution in [-0.2, 0) is 4.79 Å². The van der Waals surface area contributed by atoms with Crippen LogP contribution < -0.4 is 27.0 Å². The molecule has 3 rings (SSSR count). The third-order valence-electron chi connectivity index (χ3n) is 4.22. The number of benzene rings is 1. The van der Waals surface area contributed by atoms with E-state index in [9.17, 15) is 9.59 Å². The monoisotopic (exact) mass is 466 g/mol. The normalized spacial score (nSPS) is 13.8. The van der Waals surface area contributed by atoms with Gasteiger partial charge in [0.25, 0.3) is 5.91 Å². The Morgan fingerprint density at radius 3 is 2.65 bits per heavy atom. The van der Waals surface area contributed by atoms with Crippen LogP contribution in [0.2, 0.25) is 10.2 Å². The molecule has 1 aromatic heterocycles. The highest BCUT2D eigenvalue weighted by atomic mass is 35.5. The molecule has 12 heteroatoms. The minimum absolute atomic E-state index is 0.0121. The van der Waals surface area contributed by atoms with Crippen molar-refractivity contribution in [3.05, 3.63) is 40.3 Å². The molecule has 0 radical (unpaired) electrons. The first-order valence-electron chi connectivity index (χ1n) is 9.47. The number of carbonyl (C=O) groups excluding carboxylic acids is 2. The van der Waals surface area contributed by atoms with Gasteiger partial charge in [0, 0.05) is 32.6 Å². The first-order chi connectivity index (χ1) is 14.9. The smallest absolute Gasteiger partial charge is 0.271 e. The first kappa shape index (κ1) is 24.3. The first-order valence-corrected chi connectivity index (χ1v) is 10.2. The molecule has 2 aromatic rings. The maximum atomic E-state index is 10.6. The molecule has 1 aromatic carbocycles. The van der Waals surface area contributed by atoms with Crippen molar-refractivity contribution in [1.29, 1.82) is 0 Å². The summed E-state index contributed by atoms with van der Waals surface area (Å²) < 4.78 is 0. The van der Waals surface area contributed by atoms with Crippen LogP contribution in [0.15, 0.2) is 29.4 Å². The van der Waals surface area contributed by atoms with E-state index in [-0.39, 0.29) is 16.7 Å². The van der Waals surface area contributed by atoms with E-state index in [1.54, 1.807) is 0 Å². The van der Waals surface area contributed by atoms with Crippen LogP contribution >= 0.6 is 23.2 Å². The van der Waals surface area contributed by atoms with E-state index in [0.29, 0.717) is 23.7 Å². The minimum atomic E-state index is -0.738. The van der Waals surface area contributed by atoms with Gasteiger partial charge in [-0.1, -0.05) is 36.2 Å². The van der Waals surface area contributed by atoms with Gasteiger partial charge >= 0.3 is 0 Å². The molecule has 1 fully saturated rings. The van der Waals surface area contributed by atoms with Crippen molar-refractivity contribution in [3.63, 3.8) is 0 Å². The molecule has 1 aliphatic heterocycles. The van der Waals surface area contributed by atoms with Crippen molar-refractivity contribution in [2.45, 2.75) is 13.3 Å². The average molecular weight is 467 g/mol. The number of amidine groups is 1. The largest absolute Gasteiger partial charge is 0.382 e. The van der Waals surface area contributed by atoms with Gasteiger partial charge in [-0.25, -0.2) is 15.0 Å². The maximum absolute atomic E-state index is 10.6. The number of hydrogen-bond donors (Lipinski definition) is 4. The lowest BCUT2D eigenvalue weighted by Crippen LogP contribution is -2.43.